The Morgan fingerprint density at radius 3 is 2.80 bits per heavy atom. The van der Waals surface area contributed by atoms with E-state index in [1.807, 2.05) is 18.4 Å². The van der Waals surface area contributed by atoms with Gasteiger partial charge in [-0.3, -0.25) is 24.4 Å². The molecule has 7 rings (SSSR count). The van der Waals surface area contributed by atoms with E-state index in [9.17, 15) is 14.4 Å². The van der Waals surface area contributed by atoms with Crippen LogP contribution in [0, 0.1) is 5.41 Å². The van der Waals surface area contributed by atoms with E-state index in [2.05, 4.69) is 60.3 Å². The average Bonchev–Trinajstić information content (AvgIpc) is 3.77. The van der Waals surface area contributed by atoms with Crippen LogP contribution in [0.1, 0.15) is 69.8 Å². The monoisotopic (exact) mass is 758 g/mol. The quantitative estimate of drug-likeness (QED) is 0.258. The Bertz CT molecular complexity index is 2030. The molecular formula is C40H50N6O7S. The summed E-state index contributed by atoms with van der Waals surface area (Å²) in [6.45, 7) is 12.1. The van der Waals surface area contributed by atoms with Gasteiger partial charge in [-0.2, -0.15) is 0 Å². The molecule has 3 aromatic heterocycles. The molecular weight excluding hydrogens is 709 g/mol. The first-order valence-electron chi connectivity index (χ1n) is 18.8. The van der Waals surface area contributed by atoms with Gasteiger partial charge in [0.05, 0.1) is 54.1 Å². The lowest BCUT2D eigenvalue weighted by molar-refractivity contribution is -0.164. The van der Waals surface area contributed by atoms with Crippen molar-refractivity contribution in [2.45, 2.75) is 97.2 Å². The molecule has 5 atom stereocenters. The van der Waals surface area contributed by atoms with Gasteiger partial charge in [-0.1, -0.05) is 19.9 Å². The zero-order valence-corrected chi connectivity index (χ0v) is 32.7. The van der Waals surface area contributed by atoms with Crippen LogP contribution in [0.4, 0.5) is 0 Å². The number of nitrogens with one attached hydrogen (secondary N) is 2. The molecule has 13 nitrogen and oxygen atoms in total. The van der Waals surface area contributed by atoms with Crippen molar-refractivity contribution in [1.29, 1.82) is 0 Å². The number of ether oxygens (including phenoxy) is 4. The number of amides is 2. The average molecular weight is 759 g/mol. The summed E-state index contributed by atoms with van der Waals surface area (Å²) in [7, 11) is 1.69. The Hall–Kier alpha value is -4.21. The zero-order chi connectivity index (χ0) is 38.1. The fourth-order valence-corrected chi connectivity index (χ4v) is 8.59. The number of hydrogen-bond acceptors (Lipinski definition) is 11. The maximum atomic E-state index is 14.2. The predicted molar refractivity (Wildman–Crippen MR) is 204 cm³/mol. The number of carbonyl (C=O) groups is 3. The summed E-state index contributed by atoms with van der Waals surface area (Å²) in [6, 6.07) is 8.79. The van der Waals surface area contributed by atoms with Crippen molar-refractivity contribution in [1.82, 2.24) is 30.3 Å². The lowest BCUT2D eigenvalue weighted by Gasteiger charge is -2.36. The summed E-state index contributed by atoms with van der Waals surface area (Å²) in [4.78, 5) is 51.2. The molecule has 54 heavy (non-hydrogen) atoms. The minimum Gasteiger partial charge on any atom is -0.464 e. The lowest BCUT2D eigenvalue weighted by Crippen LogP contribution is -2.61. The topological polar surface area (TPSA) is 146 Å². The number of pyridine rings is 1. The largest absolute Gasteiger partial charge is 0.464 e. The Labute approximate surface area is 319 Å². The van der Waals surface area contributed by atoms with Gasteiger partial charge in [0.1, 0.15) is 12.1 Å². The molecule has 0 radical (unpaired) electrons. The Morgan fingerprint density at radius 1 is 1.20 bits per heavy atom. The molecule has 288 valence electrons. The van der Waals surface area contributed by atoms with Crippen molar-refractivity contribution in [3.8, 4) is 22.5 Å². The highest BCUT2D eigenvalue weighted by molar-refractivity contribution is 7.10. The van der Waals surface area contributed by atoms with Crippen molar-refractivity contribution in [2.75, 3.05) is 33.5 Å². The third kappa shape index (κ3) is 7.67. The summed E-state index contributed by atoms with van der Waals surface area (Å²) in [5, 5.41) is 8.14. The molecule has 1 aromatic carbocycles. The smallest absolute Gasteiger partial charge is 0.324 e. The molecule has 2 saturated heterocycles. The number of aryl methyl sites for hydroxylation is 1. The molecule has 0 unspecified atom stereocenters. The number of nitrogens with zero attached hydrogens (tertiary/aromatic N) is 4. The summed E-state index contributed by atoms with van der Waals surface area (Å²) in [6.07, 6.45) is 2.12. The van der Waals surface area contributed by atoms with Gasteiger partial charge in [0.15, 0.2) is 6.10 Å². The Morgan fingerprint density at radius 2 is 2.02 bits per heavy atom. The van der Waals surface area contributed by atoms with E-state index in [0.717, 1.165) is 51.2 Å². The van der Waals surface area contributed by atoms with Gasteiger partial charge in [-0.15, -0.1) is 11.3 Å². The van der Waals surface area contributed by atoms with Crippen LogP contribution < -0.4 is 10.7 Å². The van der Waals surface area contributed by atoms with E-state index in [-0.39, 0.29) is 31.6 Å². The summed E-state index contributed by atoms with van der Waals surface area (Å²) in [5.41, 5.74) is 9.48. The number of methoxy groups -OCH3 is 1. The number of carbonyl (C=O) groups excluding carboxylic acids is 3. The number of hydrogen-bond donors (Lipinski definition) is 2. The highest BCUT2D eigenvalue weighted by Gasteiger charge is 2.38. The van der Waals surface area contributed by atoms with Gasteiger partial charge in [0, 0.05) is 65.6 Å². The van der Waals surface area contributed by atoms with Crippen LogP contribution in [0.5, 0.6) is 0 Å². The number of aromatic nitrogens is 3. The Balaban J connectivity index is 1.34. The number of rotatable bonds is 6. The number of esters is 1. The molecule has 3 aliphatic rings. The molecule has 2 N–H and O–H groups in total. The van der Waals surface area contributed by atoms with Crippen molar-refractivity contribution in [3.05, 3.63) is 58.2 Å². The molecule has 3 aliphatic heterocycles. The van der Waals surface area contributed by atoms with Gasteiger partial charge in [-0.05, 0) is 69.9 Å². The van der Waals surface area contributed by atoms with Crippen LogP contribution in [0.2, 0.25) is 0 Å². The van der Waals surface area contributed by atoms with E-state index >= 15 is 0 Å². The molecule has 6 heterocycles. The molecule has 2 fully saturated rings. The maximum Gasteiger partial charge on any atom is 0.324 e. The van der Waals surface area contributed by atoms with Gasteiger partial charge >= 0.3 is 5.97 Å². The van der Waals surface area contributed by atoms with Crippen LogP contribution in [0.3, 0.4) is 0 Å². The summed E-state index contributed by atoms with van der Waals surface area (Å²) < 4.78 is 25.6. The molecule has 2 amide bonds. The number of fused-ring (bicyclic) bond motifs is 6. The number of cyclic esters (lactones) is 1. The van der Waals surface area contributed by atoms with Gasteiger partial charge < -0.3 is 28.8 Å². The first kappa shape index (κ1) is 38.1. The van der Waals surface area contributed by atoms with Gasteiger partial charge in [0.25, 0.3) is 11.8 Å². The van der Waals surface area contributed by atoms with E-state index in [1.165, 1.54) is 16.3 Å². The number of benzene rings is 1. The predicted octanol–water partition coefficient (Wildman–Crippen LogP) is 5.01. The normalized spacial score (nSPS) is 24.1. The van der Waals surface area contributed by atoms with Crippen molar-refractivity contribution in [2.24, 2.45) is 5.41 Å². The second-order valence-electron chi connectivity index (χ2n) is 15.1. The molecule has 0 spiro atoms. The number of thiazole rings is 1. The SMILES string of the molecule is CCn1c(-c2cccnc2[C@H](C)OC)c2c3cc(ccc31)-c1csc(n1)C[C@H](NC(=O)[C@H]1OCCO[C@H]1C)C(=O)N1CCC[C@H](N1)C(=O)OCC(C)(C)C2. The number of hydrazine groups is 1. The molecule has 4 aromatic rings. The van der Waals surface area contributed by atoms with Crippen LogP contribution >= 0.6 is 11.3 Å². The van der Waals surface area contributed by atoms with Crippen molar-refractivity contribution in [3.63, 3.8) is 0 Å². The molecule has 14 heteroatoms. The Kier molecular flexibility index (Phi) is 11.2. The molecule has 0 saturated carbocycles. The van der Waals surface area contributed by atoms with Crippen molar-refractivity contribution < 1.29 is 33.3 Å². The summed E-state index contributed by atoms with van der Waals surface area (Å²) >= 11 is 1.44. The first-order chi connectivity index (χ1) is 26.0. The fourth-order valence-electron chi connectivity index (χ4n) is 7.74. The van der Waals surface area contributed by atoms with Crippen LogP contribution in [-0.4, -0.2) is 95.1 Å². The van der Waals surface area contributed by atoms with Crippen LogP contribution in [0.25, 0.3) is 33.4 Å². The third-order valence-corrected chi connectivity index (χ3v) is 11.5. The molecule has 6 bridgehead atoms. The van der Waals surface area contributed by atoms with E-state index < -0.39 is 41.6 Å². The minimum atomic E-state index is -0.965. The van der Waals surface area contributed by atoms with E-state index in [1.54, 1.807) is 20.2 Å². The van der Waals surface area contributed by atoms with Crippen LogP contribution in [-0.2, 0) is 52.7 Å². The molecule has 0 aliphatic carbocycles. The standard InChI is InChI=1S/C40H50N6O7S/c1-7-45-32-13-12-25-18-27(32)28(35(45)26-10-8-14-41-34(26)23(2)50-6)20-40(4,5)22-53-39(49)29-11-9-15-46(44-29)38(48)30(19-33-42-31(25)21-54-33)43-37(47)36-24(3)51-16-17-52-36/h8,10,12-14,18,21,23-24,29-30,36,44H,7,9,11,15-17,19-20,22H2,1-6H3,(H,43,47)/t23-,24-,29-,30-,36-/m0/s1. The maximum absolute atomic E-state index is 14.2. The van der Waals surface area contributed by atoms with Gasteiger partial charge in [0.2, 0.25) is 0 Å². The highest BCUT2D eigenvalue weighted by atomic mass is 32.1. The second-order valence-corrected chi connectivity index (χ2v) is 16.1. The van der Waals surface area contributed by atoms with Crippen molar-refractivity contribution >= 4 is 40.0 Å². The second kappa shape index (κ2) is 15.9. The first-order valence-corrected chi connectivity index (χ1v) is 19.7. The van der Waals surface area contributed by atoms with E-state index in [4.69, 9.17) is 28.9 Å². The third-order valence-electron chi connectivity index (χ3n) is 10.6. The summed E-state index contributed by atoms with van der Waals surface area (Å²) in [5.74, 6) is -1.21. The minimum absolute atomic E-state index is 0.157. The fraction of sp³-hybridized carbons (Fsp3) is 0.525. The van der Waals surface area contributed by atoms with Gasteiger partial charge in [-0.25, -0.2) is 10.4 Å². The highest BCUT2D eigenvalue weighted by Crippen LogP contribution is 2.42. The zero-order valence-electron chi connectivity index (χ0n) is 31.8. The lowest BCUT2D eigenvalue weighted by atomic mass is 9.84. The van der Waals surface area contributed by atoms with Crippen LogP contribution in [0.15, 0.2) is 41.9 Å². The van der Waals surface area contributed by atoms with E-state index in [0.29, 0.717) is 37.4 Å².